The molecule has 1 aromatic heterocycles. The van der Waals surface area contributed by atoms with E-state index in [1.807, 2.05) is 17.0 Å². The highest BCUT2D eigenvalue weighted by molar-refractivity contribution is 5.92. The van der Waals surface area contributed by atoms with E-state index in [0.29, 0.717) is 18.9 Å². The average molecular weight is 367 g/mol. The molecular formula is C20H25N5O2. The highest BCUT2D eigenvalue weighted by Crippen LogP contribution is 2.14. The van der Waals surface area contributed by atoms with Crippen LogP contribution in [0.1, 0.15) is 16.1 Å². The van der Waals surface area contributed by atoms with Gasteiger partial charge in [0.15, 0.2) is 11.5 Å². The van der Waals surface area contributed by atoms with E-state index < -0.39 is 0 Å². The van der Waals surface area contributed by atoms with Gasteiger partial charge in [-0.15, -0.1) is 10.2 Å². The lowest BCUT2D eigenvalue weighted by molar-refractivity contribution is 0.0621. The van der Waals surface area contributed by atoms with Gasteiger partial charge < -0.3 is 14.5 Å². The molecule has 4 rings (SSSR count). The lowest BCUT2D eigenvalue weighted by Gasteiger charge is -2.34. The molecule has 0 spiro atoms. The van der Waals surface area contributed by atoms with E-state index in [1.54, 1.807) is 6.07 Å². The van der Waals surface area contributed by atoms with Crippen molar-refractivity contribution in [3.8, 4) is 0 Å². The largest absolute Gasteiger partial charge is 0.378 e. The molecule has 27 heavy (non-hydrogen) atoms. The van der Waals surface area contributed by atoms with Crippen LogP contribution in [0.25, 0.3) is 0 Å². The fraction of sp³-hybridized carbons (Fsp3) is 0.450. The molecule has 0 unspecified atom stereocenters. The van der Waals surface area contributed by atoms with E-state index in [4.69, 9.17) is 4.74 Å². The molecule has 1 amide bonds. The van der Waals surface area contributed by atoms with Gasteiger partial charge in [0.05, 0.1) is 13.2 Å². The lowest BCUT2D eigenvalue weighted by atomic mass is 10.2. The fourth-order valence-corrected chi connectivity index (χ4v) is 3.51. The fourth-order valence-electron chi connectivity index (χ4n) is 3.51. The molecule has 142 valence electrons. The minimum atomic E-state index is -0.0320. The third-order valence-electron chi connectivity index (χ3n) is 5.11. The number of benzene rings is 1. The number of hydrogen-bond acceptors (Lipinski definition) is 6. The van der Waals surface area contributed by atoms with Gasteiger partial charge in [0.1, 0.15) is 0 Å². The summed E-state index contributed by atoms with van der Waals surface area (Å²) in [6.45, 7) is 7.15. The Hall–Kier alpha value is -2.51. The van der Waals surface area contributed by atoms with Crippen molar-refractivity contribution in [2.45, 2.75) is 6.54 Å². The number of aromatic nitrogens is 2. The van der Waals surface area contributed by atoms with E-state index in [-0.39, 0.29) is 5.91 Å². The minimum Gasteiger partial charge on any atom is -0.378 e. The standard InChI is InChI=1S/C20H25N5O2/c26-20(18-6-7-19(22-21-18)24-12-14-27-15-13-24)25-10-8-23(9-11-25)16-17-4-2-1-3-5-17/h1-7H,8-16H2. The van der Waals surface area contributed by atoms with Gasteiger partial charge in [0, 0.05) is 45.8 Å². The van der Waals surface area contributed by atoms with Gasteiger partial charge >= 0.3 is 0 Å². The quantitative estimate of drug-likeness (QED) is 0.811. The predicted octanol–water partition coefficient (Wildman–Crippen LogP) is 1.27. The van der Waals surface area contributed by atoms with Gasteiger partial charge in [0.2, 0.25) is 0 Å². The van der Waals surface area contributed by atoms with Crippen LogP contribution in [0.3, 0.4) is 0 Å². The SMILES string of the molecule is O=C(c1ccc(N2CCOCC2)nn1)N1CCN(Cc2ccccc2)CC1. The first kappa shape index (κ1) is 17.9. The van der Waals surface area contributed by atoms with Crippen molar-refractivity contribution in [1.82, 2.24) is 20.0 Å². The average Bonchev–Trinajstić information content (AvgIpc) is 2.75. The van der Waals surface area contributed by atoms with E-state index in [2.05, 4.69) is 44.3 Å². The third kappa shape index (κ3) is 4.43. The van der Waals surface area contributed by atoms with Gasteiger partial charge in [-0.1, -0.05) is 30.3 Å². The molecule has 3 heterocycles. The summed E-state index contributed by atoms with van der Waals surface area (Å²) in [5.74, 6) is 0.776. The minimum absolute atomic E-state index is 0.0320. The monoisotopic (exact) mass is 367 g/mol. The normalized spacial score (nSPS) is 18.5. The molecule has 0 bridgehead atoms. The van der Waals surface area contributed by atoms with Crippen LogP contribution in [-0.4, -0.2) is 78.4 Å². The van der Waals surface area contributed by atoms with Gasteiger partial charge in [-0.05, 0) is 17.7 Å². The summed E-state index contributed by atoms with van der Waals surface area (Å²) < 4.78 is 5.35. The molecule has 0 aliphatic carbocycles. The summed E-state index contributed by atoms with van der Waals surface area (Å²) in [7, 11) is 0. The number of nitrogens with zero attached hydrogens (tertiary/aromatic N) is 5. The number of carbonyl (C=O) groups excluding carboxylic acids is 1. The molecule has 7 heteroatoms. The van der Waals surface area contributed by atoms with Gasteiger partial charge in [0.25, 0.3) is 5.91 Å². The highest BCUT2D eigenvalue weighted by atomic mass is 16.5. The Morgan fingerprint density at radius 1 is 0.889 bits per heavy atom. The maximum Gasteiger partial charge on any atom is 0.274 e. The molecule has 0 atom stereocenters. The van der Waals surface area contributed by atoms with Crippen LogP contribution >= 0.6 is 0 Å². The lowest BCUT2D eigenvalue weighted by Crippen LogP contribution is -2.48. The third-order valence-corrected chi connectivity index (χ3v) is 5.11. The molecule has 0 saturated carbocycles. The van der Waals surface area contributed by atoms with Crippen LogP contribution in [0.2, 0.25) is 0 Å². The van der Waals surface area contributed by atoms with Crippen molar-refractivity contribution in [2.75, 3.05) is 57.4 Å². The molecule has 2 fully saturated rings. The Labute approximate surface area is 159 Å². The van der Waals surface area contributed by atoms with Gasteiger partial charge in [-0.2, -0.15) is 0 Å². The molecule has 0 N–H and O–H groups in total. The second-order valence-electron chi connectivity index (χ2n) is 6.93. The molecule has 2 aliphatic heterocycles. The summed E-state index contributed by atoms with van der Waals surface area (Å²) in [6.07, 6.45) is 0. The zero-order valence-electron chi connectivity index (χ0n) is 15.5. The maximum absolute atomic E-state index is 12.7. The Morgan fingerprint density at radius 2 is 1.63 bits per heavy atom. The number of piperazine rings is 1. The summed E-state index contributed by atoms with van der Waals surface area (Å²) in [6, 6.07) is 14.1. The number of carbonyl (C=O) groups is 1. The van der Waals surface area contributed by atoms with Crippen molar-refractivity contribution < 1.29 is 9.53 Å². The van der Waals surface area contributed by atoms with E-state index in [1.165, 1.54) is 5.56 Å². The number of morpholine rings is 1. The number of amides is 1. The first-order valence-electron chi connectivity index (χ1n) is 9.51. The second kappa shape index (κ2) is 8.45. The Morgan fingerprint density at radius 3 is 2.30 bits per heavy atom. The highest BCUT2D eigenvalue weighted by Gasteiger charge is 2.23. The molecule has 7 nitrogen and oxygen atoms in total. The van der Waals surface area contributed by atoms with E-state index >= 15 is 0 Å². The van der Waals surface area contributed by atoms with Crippen molar-refractivity contribution in [3.05, 3.63) is 53.7 Å². The molecule has 2 aromatic rings. The van der Waals surface area contributed by atoms with Crippen LogP contribution in [0, 0.1) is 0 Å². The van der Waals surface area contributed by atoms with Crippen LogP contribution in [-0.2, 0) is 11.3 Å². The zero-order chi connectivity index (χ0) is 18.5. The van der Waals surface area contributed by atoms with Crippen molar-refractivity contribution in [3.63, 3.8) is 0 Å². The number of anilines is 1. The van der Waals surface area contributed by atoms with Gasteiger partial charge in [-0.25, -0.2) is 0 Å². The zero-order valence-corrected chi connectivity index (χ0v) is 15.5. The topological polar surface area (TPSA) is 61.8 Å². The summed E-state index contributed by atoms with van der Waals surface area (Å²) in [5.41, 5.74) is 1.73. The molecular weight excluding hydrogens is 342 g/mol. The van der Waals surface area contributed by atoms with Crippen molar-refractivity contribution >= 4 is 11.7 Å². The van der Waals surface area contributed by atoms with Crippen LogP contribution in [0.5, 0.6) is 0 Å². The molecule has 2 aliphatic rings. The first-order valence-corrected chi connectivity index (χ1v) is 9.51. The first-order chi connectivity index (χ1) is 13.3. The molecule has 2 saturated heterocycles. The maximum atomic E-state index is 12.7. The van der Waals surface area contributed by atoms with Crippen molar-refractivity contribution in [1.29, 1.82) is 0 Å². The Bertz CT molecular complexity index is 739. The number of hydrogen-bond donors (Lipinski definition) is 0. The number of ether oxygens (including phenoxy) is 1. The predicted molar refractivity (Wildman–Crippen MR) is 103 cm³/mol. The van der Waals surface area contributed by atoms with Crippen LogP contribution in [0.15, 0.2) is 42.5 Å². The van der Waals surface area contributed by atoms with Crippen molar-refractivity contribution in [2.24, 2.45) is 0 Å². The van der Waals surface area contributed by atoms with Crippen LogP contribution in [0.4, 0.5) is 5.82 Å². The Kier molecular flexibility index (Phi) is 5.60. The summed E-state index contributed by atoms with van der Waals surface area (Å²) in [4.78, 5) is 19.1. The number of rotatable bonds is 4. The summed E-state index contributed by atoms with van der Waals surface area (Å²) >= 11 is 0. The van der Waals surface area contributed by atoms with Crippen LogP contribution < -0.4 is 4.90 Å². The smallest absolute Gasteiger partial charge is 0.274 e. The molecule has 1 aromatic carbocycles. The van der Waals surface area contributed by atoms with E-state index in [0.717, 1.165) is 51.6 Å². The van der Waals surface area contributed by atoms with Gasteiger partial charge in [-0.3, -0.25) is 9.69 Å². The Balaban J connectivity index is 1.31. The molecule has 0 radical (unpaired) electrons. The second-order valence-corrected chi connectivity index (χ2v) is 6.93. The van der Waals surface area contributed by atoms with E-state index in [9.17, 15) is 4.79 Å². The summed E-state index contributed by atoms with van der Waals surface area (Å²) in [5, 5.41) is 8.43.